The minimum Gasteiger partial charge on any atom is -0.365 e. The molecule has 0 saturated carbocycles. The van der Waals surface area contributed by atoms with Gasteiger partial charge in [-0.05, 0) is 24.6 Å². The van der Waals surface area contributed by atoms with Gasteiger partial charge in [0.05, 0.1) is 0 Å². The van der Waals surface area contributed by atoms with Crippen LogP contribution in [0.4, 0.5) is 0 Å². The van der Waals surface area contributed by atoms with Gasteiger partial charge in [0.15, 0.2) is 0 Å². The molecule has 1 unspecified atom stereocenters. The van der Waals surface area contributed by atoms with Crippen molar-refractivity contribution in [3.63, 3.8) is 0 Å². The molecule has 2 rings (SSSR count). The Bertz CT molecular complexity index is 325. The zero-order valence-corrected chi connectivity index (χ0v) is 7.11. The van der Waals surface area contributed by atoms with Gasteiger partial charge in [-0.3, -0.25) is 4.79 Å². The number of hydrogen-bond acceptors (Lipinski definition) is 2. The van der Waals surface area contributed by atoms with E-state index in [4.69, 9.17) is 0 Å². The molecule has 0 fully saturated rings. The van der Waals surface area contributed by atoms with Crippen molar-refractivity contribution in [2.45, 2.75) is 13.0 Å². The molecule has 2 aliphatic rings. The SMILES string of the molecule is CC1=NC(=O)C2C(=C1)C=CN2C. The molecule has 0 aromatic rings. The van der Waals surface area contributed by atoms with Gasteiger partial charge in [-0.25, -0.2) is 4.99 Å². The molecule has 0 saturated heterocycles. The Balaban J connectivity index is 2.42. The molecule has 0 bridgehead atoms. The number of fused-ring (bicyclic) bond motifs is 1. The van der Waals surface area contributed by atoms with Crippen LogP contribution in [0.15, 0.2) is 28.9 Å². The Morgan fingerprint density at radius 3 is 3.08 bits per heavy atom. The van der Waals surface area contributed by atoms with E-state index in [0.717, 1.165) is 11.3 Å². The van der Waals surface area contributed by atoms with Gasteiger partial charge in [-0.1, -0.05) is 0 Å². The van der Waals surface area contributed by atoms with Crippen molar-refractivity contribution in [3.8, 4) is 0 Å². The van der Waals surface area contributed by atoms with E-state index in [1.54, 1.807) is 0 Å². The number of carbonyl (C=O) groups excluding carboxylic acids is 1. The van der Waals surface area contributed by atoms with Gasteiger partial charge < -0.3 is 4.90 Å². The minimum absolute atomic E-state index is 0.0579. The largest absolute Gasteiger partial charge is 0.365 e. The normalized spacial score (nSPS) is 27.0. The average Bonchev–Trinajstić information content (AvgIpc) is 2.31. The summed E-state index contributed by atoms with van der Waals surface area (Å²) in [4.78, 5) is 17.2. The van der Waals surface area contributed by atoms with Crippen molar-refractivity contribution < 1.29 is 4.79 Å². The standard InChI is InChI=1S/C9H10N2O/c1-6-5-7-3-4-11(2)8(7)9(12)10-6/h3-5,8H,1-2H3. The van der Waals surface area contributed by atoms with Gasteiger partial charge in [-0.2, -0.15) is 0 Å². The van der Waals surface area contributed by atoms with Gasteiger partial charge in [0.1, 0.15) is 6.04 Å². The van der Waals surface area contributed by atoms with Crippen molar-refractivity contribution in [2.24, 2.45) is 4.99 Å². The topological polar surface area (TPSA) is 32.7 Å². The van der Waals surface area contributed by atoms with Crippen LogP contribution < -0.4 is 0 Å². The lowest BCUT2D eigenvalue weighted by molar-refractivity contribution is -0.120. The number of aliphatic imine (C=N–C) groups is 1. The van der Waals surface area contributed by atoms with Crippen molar-refractivity contribution in [1.29, 1.82) is 0 Å². The second kappa shape index (κ2) is 2.30. The number of dihydropyridines is 1. The van der Waals surface area contributed by atoms with Gasteiger partial charge in [0.2, 0.25) is 0 Å². The first-order valence-corrected chi connectivity index (χ1v) is 3.89. The first kappa shape index (κ1) is 7.28. The lowest BCUT2D eigenvalue weighted by atomic mass is 10.0. The fourth-order valence-electron chi connectivity index (χ4n) is 1.57. The Kier molecular flexibility index (Phi) is 1.40. The van der Waals surface area contributed by atoms with Crippen molar-refractivity contribution in [2.75, 3.05) is 7.05 Å². The monoisotopic (exact) mass is 162 g/mol. The summed E-state index contributed by atoms with van der Waals surface area (Å²) in [7, 11) is 1.88. The number of nitrogens with zero attached hydrogens (tertiary/aromatic N) is 2. The molecular weight excluding hydrogens is 152 g/mol. The summed E-state index contributed by atoms with van der Waals surface area (Å²) >= 11 is 0. The zero-order chi connectivity index (χ0) is 8.72. The Morgan fingerprint density at radius 1 is 1.58 bits per heavy atom. The number of rotatable bonds is 0. The first-order valence-electron chi connectivity index (χ1n) is 3.89. The number of allylic oxidation sites excluding steroid dienone is 1. The number of hydrogen-bond donors (Lipinski definition) is 0. The molecule has 2 heterocycles. The van der Waals surface area contributed by atoms with Crippen LogP contribution in [-0.2, 0) is 4.79 Å². The van der Waals surface area contributed by atoms with Crippen molar-refractivity contribution in [1.82, 2.24) is 4.90 Å². The Hall–Kier alpha value is -1.38. The quantitative estimate of drug-likeness (QED) is 0.526. The molecule has 1 amide bonds. The van der Waals surface area contributed by atoms with E-state index in [1.165, 1.54) is 0 Å². The van der Waals surface area contributed by atoms with Crippen LogP contribution >= 0.6 is 0 Å². The molecule has 1 atom stereocenters. The molecule has 12 heavy (non-hydrogen) atoms. The van der Waals surface area contributed by atoms with Crippen LogP contribution in [0.3, 0.4) is 0 Å². The third-order valence-corrected chi connectivity index (χ3v) is 2.12. The van der Waals surface area contributed by atoms with E-state index in [0.29, 0.717) is 0 Å². The van der Waals surface area contributed by atoms with E-state index >= 15 is 0 Å². The second-order valence-electron chi connectivity index (χ2n) is 3.12. The van der Waals surface area contributed by atoms with E-state index < -0.39 is 0 Å². The molecule has 0 aromatic heterocycles. The fourth-order valence-corrected chi connectivity index (χ4v) is 1.57. The molecule has 0 aromatic carbocycles. The maximum atomic E-state index is 11.4. The predicted octanol–water partition coefficient (Wildman–Crippen LogP) is 0.742. The maximum absolute atomic E-state index is 11.4. The average molecular weight is 162 g/mol. The van der Waals surface area contributed by atoms with Gasteiger partial charge in [0.25, 0.3) is 5.91 Å². The van der Waals surface area contributed by atoms with Crippen LogP contribution in [-0.4, -0.2) is 29.6 Å². The molecule has 0 radical (unpaired) electrons. The lowest BCUT2D eigenvalue weighted by Gasteiger charge is -2.21. The van der Waals surface area contributed by atoms with Crippen LogP contribution in [0.25, 0.3) is 0 Å². The third kappa shape index (κ3) is 0.897. The molecule has 3 heteroatoms. The first-order chi connectivity index (χ1) is 5.68. The smallest absolute Gasteiger partial charge is 0.273 e. The maximum Gasteiger partial charge on any atom is 0.273 e. The van der Waals surface area contributed by atoms with Gasteiger partial charge in [0, 0.05) is 19.0 Å². The van der Waals surface area contributed by atoms with Gasteiger partial charge in [-0.15, -0.1) is 0 Å². The van der Waals surface area contributed by atoms with Crippen LogP contribution in [0, 0.1) is 0 Å². The summed E-state index contributed by atoms with van der Waals surface area (Å²) in [6.45, 7) is 1.84. The highest BCUT2D eigenvalue weighted by molar-refractivity contribution is 6.08. The molecule has 0 aliphatic carbocycles. The highest BCUT2D eigenvalue weighted by atomic mass is 16.1. The van der Waals surface area contributed by atoms with Gasteiger partial charge >= 0.3 is 0 Å². The van der Waals surface area contributed by atoms with Crippen LogP contribution in [0.5, 0.6) is 0 Å². The highest BCUT2D eigenvalue weighted by Gasteiger charge is 2.30. The summed E-state index contributed by atoms with van der Waals surface area (Å²) in [5.74, 6) is -0.0579. The highest BCUT2D eigenvalue weighted by Crippen LogP contribution is 2.22. The predicted molar refractivity (Wildman–Crippen MR) is 46.9 cm³/mol. The summed E-state index contributed by atoms with van der Waals surface area (Å²) in [6, 6.07) is -0.159. The van der Waals surface area contributed by atoms with Crippen LogP contribution in [0.1, 0.15) is 6.92 Å². The summed E-state index contributed by atoms with van der Waals surface area (Å²) in [6.07, 6.45) is 5.81. The number of amides is 1. The molecule has 62 valence electrons. The van der Waals surface area contributed by atoms with E-state index in [9.17, 15) is 4.79 Å². The fraction of sp³-hybridized carbons (Fsp3) is 0.333. The number of likely N-dealkylation sites (N-methyl/N-ethyl adjacent to an activating group) is 1. The van der Waals surface area contributed by atoms with Crippen molar-refractivity contribution >= 4 is 11.6 Å². The second-order valence-corrected chi connectivity index (χ2v) is 3.12. The van der Waals surface area contributed by atoms with E-state index in [2.05, 4.69) is 4.99 Å². The lowest BCUT2D eigenvalue weighted by Crippen LogP contribution is -2.34. The third-order valence-electron chi connectivity index (χ3n) is 2.12. The van der Waals surface area contributed by atoms with Crippen molar-refractivity contribution in [3.05, 3.63) is 23.9 Å². The number of carbonyl (C=O) groups is 1. The summed E-state index contributed by atoms with van der Waals surface area (Å²) in [5.41, 5.74) is 1.85. The van der Waals surface area contributed by atoms with E-state index in [1.807, 2.05) is 37.2 Å². The summed E-state index contributed by atoms with van der Waals surface area (Å²) in [5, 5.41) is 0. The molecular formula is C9H10N2O. The molecule has 3 nitrogen and oxygen atoms in total. The summed E-state index contributed by atoms with van der Waals surface area (Å²) < 4.78 is 0. The minimum atomic E-state index is -0.159. The zero-order valence-electron chi connectivity index (χ0n) is 7.11. The Labute approximate surface area is 71.1 Å². The van der Waals surface area contributed by atoms with E-state index in [-0.39, 0.29) is 11.9 Å². The molecule has 0 N–H and O–H groups in total. The Morgan fingerprint density at radius 2 is 2.33 bits per heavy atom. The molecule has 0 spiro atoms. The van der Waals surface area contributed by atoms with Crippen LogP contribution in [0.2, 0.25) is 0 Å². The molecule has 2 aliphatic heterocycles.